The Morgan fingerprint density at radius 3 is 2.57 bits per heavy atom. The maximum absolute atomic E-state index is 12.2. The second-order valence-corrected chi connectivity index (χ2v) is 6.57. The predicted octanol–water partition coefficient (Wildman–Crippen LogP) is 3.63. The summed E-state index contributed by atoms with van der Waals surface area (Å²) in [5.74, 6) is 0. The molecule has 2 aromatic carbocycles. The molecule has 6 heteroatoms. The van der Waals surface area contributed by atoms with E-state index in [1.165, 1.54) is 5.39 Å². The van der Waals surface area contributed by atoms with Crippen LogP contribution in [-0.2, 0) is 20.1 Å². The molecule has 0 saturated carbocycles. The Morgan fingerprint density at radius 1 is 0.964 bits per heavy atom. The number of nitrogens with zero attached hydrogens (tertiary/aromatic N) is 3. The van der Waals surface area contributed by atoms with Crippen LogP contribution in [0.5, 0.6) is 0 Å². The van der Waals surface area contributed by atoms with Crippen LogP contribution in [-0.4, -0.2) is 20.8 Å². The Bertz CT molecular complexity index is 1100. The highest BCUT2D eigenvalue weighted by Crippen LogP contribution is 2.18. The summed E-state index contributed by atoms with van der Waals surface area (Å²) < 4.78 is 1.78. The van der Waals surface area contributed by atoms with Gasteiger partial charge in [0.25, 0.3) is 0 Å². The maximum atomic E-state index is 12.2. The molecule has 0 saturated heterocycles. The summed E-state index contributed by atoms with van der Waals surface area (Å²) in [6, 6.07) is 19.9. The topological polar surface area (TPSA) is 71.8 Å². The number of pyridine rings is 1. The number of amides is 2. The van der Waals surface area contributed by atoms with E-state index in [4.69, 9.17) is 0 Å². The molecule has 2 heterocycles. The molecule has 2 N–H and O–H groups in total. The molecule has 0 aliphatic carbocycles. The molecule has 140 valence electrons. The highest BCUT2D eigenvalue weighted by atomic mass is 16.2. The number of carbonyl (C=O) groups is 1. The van der Waals surface area contributed by atoms with E-state index in [1.807, 2.05) is 49.5 Å². The van der Waals surface area contributed by atoms with Gasteiger partial charge in [-0.15, -0.1) is 0 Å². The van der Waals surface area contributed by atoms with E-state index in [2.05, 4.69) is 38.9 Å². The summed E-state index contributed by atoms with van der Waals surface area (Å²) in [6.45, 7) is 0.894. The lowest BCUT2D eigenvalue weighted by molar-refractivity contribution is 0.240. The minimum absolute atomic E-state index is 0.205. The van der Waals surface area contributed by atoms with Crippen LogP contribution in [0, 0.1) is 0 Å². The molecule has 2 aromatic heterocycles. The lowest BCUT2D eigenvalue weighted by Crippen LogP contribution is -2.34. The Labute approximate surface area is 163 Å². The normalized spacial score (nSPS) is 10.8. The number of aryl methyl sites for hydroxylation is 1. The maximum Gasteiger partial charge on any atom is 0.315 e. The fourth-order valence-electron chi connectivity index (χ4n) is 3.17. The van der Waals surface area contributed by atoms with Crippen LogP contribution in [0.3, 0.4) is 0 Å². The lowest BCUT2D eigenvalue weighted by Gasteiger charge is -2.10. The van der Waals surface area contributed by atoms with E-state index in [1.54, 1.807) is 17.1 Å². The van der Waals surface area contributed by atoms with E-state index >= 15 is 0 Å². The highest BCUT2D eigenvalue weighted by molar-refractivity contribution is 5.86. The number of nitrogens with one attached hydrogen (secondary N) is 2. The van der Waals surface area contributed by atoms with Crippen molar-refractivity contribution < 1.29 is 4.79 Å². The van der Waals surface area contributed by atoms with Crippen molar-refractivity contribution in [1.82, 2.24) is 25.4 Å². The number of hydrogen-bond acceptors (Lipinski definition) is 3. The molecule has 4 rings (SSSR count). The van der Waals surface area contributed by atoms with Crippen molar-refractivity contribution in [3.63, 3.8) is 0 Å². The summed E-state index contributed by atoms with van der Waals surface area (Å²) >= 11 is 0. The largest absolute Gasteiger partial charge is 0.334 e. The quantitative estimate of drug-likeness (QED) is 0.563. The number of benzene rings is 2. The van der Waals surface area contributed by atoms with Crippen LogP contribution in [0.15, 0.2) is 73.1 Å². The van der Waals surface area contributed by atoms with Crippen molar-refractivity contribution in [2.75, 3.05) is 0 Å². The monoisotopic (exact) mass is 371 g/mol. The smallest absolute Gasteiger partial charge is 0.315 e. The van der Waals surface area contributed by atoms with Crippen molar-refractivity contribution in [1.29, 1.82) is 0 Å². The van der Waals surface area contributed by atoms with Gasteiger partial charge in [-0.2, -0.15) is 5.10 Å². The van der Waals surface area contributed by atoms with E-state index in [9.17, 15) is 4.79 Å². The van der Waals surface area contributed by atoms with Gasteiger partial charge < -0.3 is 10.6 Å². The summed E-state index contributed by atoms with van der Waals surface area (Å²) in [7, 11) is 1.88. The highest BCUT2D eigenvalue weighted by Gasteiger charge is 2.06. The van der Waals surface area contributed by atoms with E-state index < -0.39 is 0 Å². The van der Waals surface area contributed by atoms with Crippen molar-refractivity contribution in [2.24, 2.45) is 7.05 Å². The van der Waals surface area contributed by atoms with Crippen LogP contribution >= 0.6 is 0 Å². The Balaban J connectivity index is 1.32. The van der Waals surface area contributed by atoms with Gasteiger partial charge in [0.15, 0.2) is 0 Å². The molecule has 28 heavy (non-hydrogen) atoms. The molecule has 2 amide bonds. The number of fused-ring (bicyclic) bond motifs is 1. The van der Waals surface area contributed by atoms with Crippen molar-refractivity contribution >= 4 is 16.8 Å². The Kier molecular flexibility index (Phi) is 5.01. The average molecular weight is 371 g/mol. The first kappa shape index (κ1) is 17.7. The van der Waals surface area contributed by atoms with Gasteiger partial charge in [-0.3, -0.25) is 9.67 Å². The molecular formula is C22H21N5O. The molecule has 0 unspecified atom stereocenters. The number of carbonyl (C=O) groups excluding carboxylic acids is 1. The van der Waals surface area contributed by atoms with Crippen molar-refractivity contribution in [2.45, 2.75) is 13.1 Å². The molecule has 4 aromatic rings. The zero-order valence-corrected chi connectivity index (χ0v) is 15.6. The Morgan fingerprint density at radius 2 is 1.79 bits per heavy atom. The van der Waals surface area contributed by atoms with Crippen molar-refractivity contribution in [3.8, 4) is 11.4 Å². The molecule has 0 fully saturated rings. The van der Waals surface area contributed by atoms with Gasteiger partial charge >= 0.3 is 6.03 Å². The van der Waals surface area contributed by atoms with Crippen LogP contribution in [0.1, 0.15) is 11.1 Å². The molecule has 0 aliphatic rings. The van der Waals surface area contributed by atoms with E-state index in [-0.39, 0.29) is 6.03 Å². The molecule has 0 spiro atoms. The third kappa shape index (κ3) is 3.86. The summed E-state index contributed by atoms with van der Waals surface area (Å²) in [5.41, 5.74) is 3.83. The van der Waals surface area contributed by atoms with E-state index in [0.29, 0.717) is 13.1 Å². The SMILES string of the molecule is Cn1nccc1-c1ccc(CNC(=O)NCc2cccc3ccccc23)cn1. The number of urea groups is 1. The first-order chi connectivity index (χ1) is 13.7. The van der Waals surface area contributed by atoms with Gasteiger partial charge in [0, 0.05) is 32.5 Å². The van der Waals surface area contributed by atoms with Crippen LogP contribution in [0.2, 0.25) is 0 Å². The minimum atomic E-state index is -0.205. The number of hydrogen-bond donors (Lipinski definition) is 2. The van der Waals surface area contributed by atoms with Crippen LogP contribution in [0.4, 0.5) is 4.79 Å². The zero-order valence-electron chi connectivity index (χ0n) is 15.6. The summed E-state index contributed by atoms with van der Waals surface area (Å²) in [6.07, 6.45) is 3.51. The van der Waals surface area contributed by atoms with Crippen LogP contribution in [0.25, 0.3) is 22.2 Å². The minimum Gasteiger partial charge on any atom is -0.334 e. The number of rotatable bonds is 5. The zero-order chi connectivity index (χ0) is 19.3. The first-order valence-corrected chi connectivity index (χ1v) is 9.12. The van der Waals surface area contributed by atoms with Gasteiger partial charge in [-0.05, 0) is 34.0 Å². The lowest BCUT2D eigenvalue weighted by atomic mass is 10.0. The summed E-state index contributed by atoms with van der Waals surface area (Å²) in [4.78, 5) is 16.6. The molecule has 6 nitrogen and oxygen atoms in total. The molecule has 0 radical (unpaired) electrons. The first-order valence-electron chi connectivity index (χ1n) is 9.12. The fraction of sp³-hybridized carbons (Fsp3) is 0.136. The third-order valence-electron chi connectivity index (χ3n) is 4.68. The third-order valence-corrected chi connectivity index (χ3v) is 4.68. The molecular weight excluding hydrogens is 350 g/mol. The summed E-state index contributed by atoms with van der Waals surface area (Å²) in [5, 5.41) is 12.3. The second-order valence-electron chi connectivity index (χ2n) is 6.57. The van der Waals surface area contributed by atoms with Gasteiger partial charge in [-0.1, -0.05) is 48.5 Å². The Hall–Kier alpha value is -3.67. The molecule has 0 atom stereocenters. The fourth-order valence-corrected chi connectivity index (χ4v) is 3.17. The van der Waals surface area contributed by atoms with Gasteiger partial charge in [-0.25, -0.2) is 4.79 Å². The number of aromatic nitrogens is 3. The van der Waals surface area contributed by atoms with Crippen molar-refractivity contribution in [3.05, 3.63) is 84.2 Å². The van der Waals surface area contributed by atoms with Gasteiger partial charge in [0.05, 0.1) is 11.4 Å². The average Bonchev–Trinajstić information content (AvgIpc) is 3.17. The molecule has 0 aliphatic heterocycles. The standard InChI is InChI=1S/C22H21N5O/c1-27-21(11-12-26-27)20-10-9-16(13-23-20)14-24-22(28)25-15-18-7-4-6-17-5-2-3-8-19(17)18/h2-13H,14-15H2,1H3,(H2,24,25,28). The second kappa shape index (κ2) is 7.92. The van der Waals surface area contributed by atoms with E-state index in [0.717, 1.165) is 27.9 Å². The van der Waals surface area contributed by atoms with Gasteiger partial charge in [0.1, 0.15) is 0 Å². The molecule has 0 bridgehead atoms. The van der Waals surface area contributed by atoms with Crippen LogP contribution < -0.4 is 10.6 Å². The predicted molar refractivity (Wildman–Crippen MR) is 109 cm³/mol. The van der Waals surface area contributed by atoms with Gasteiger partial charge in [0.2, 0.25) is 0 Å².